The highest BCUT2D eigenvalue weighted by molar-refractivity contribution is 5.98. The Labute approximate surface area is 90.5 Å². The summed E-state index contributed by atoms with van der Waals surface area (Å²) < 4.78 is 4.84. The van der Waals surface area contributed by atoms with E-state index in [0.29, 0.717) is 6.61 Å². The van der Waals surface area contributed by atoms with Crippen LogP contribution in [0.25, 0.3) is 0 Å². The van der Waals surface area contributed by atoms with E-state index in [1.165, 1.54) is 0 Å². The van der Waals surface area contributed by atoms with Crippen LogP contribution in [0.3, 0.4) is 0 Å². The minimum atomic E-state index is -0.209. The molecule has 0 heterocycles. The van der Waals surface area contributed by atoms with Crippen LogP contribution in [0.1, 0.15) is 33.1 Å². The second-order valence-electron chi connectivity index (χ2n) is 3.44. The van der Waals surface area contributed by atoms with Gasteiger partial charge in [0, 0.05) is 5.71 Å². The molecule has 15 heavy (non-hydrogen) atoms. The summed E-state index contributed by atoms with van der Waals surface area (Å²) in [7, 11) is 0. The lowest BCUT2D eigenvalue weighted by molar-refractivity contribution is -0.141. The van der Waals surface area contributed by atoms with Crippen LogP contribution in [0.5, 0.6) is 0 Å². The maximum Gasteiger partial charge on any atom is 0.311 e. The summed E-state index contributed by atoms with van der Waals surface area (Å²) in [6.45, 7) is 4.08. The molecule has 0 saturated heterocycles. The van der Waals surface area contributed by atoms with Crippen molar-refractivity contribution in [1.82, 2.24) is 0 Å². The zero-order chi connectivity index (χ0) is 11.1. The fourth-order valence-electron chi connectivity index (χ4n) is 1.36. The van der Waals surface area contributed by atoms with Gasteiger partial charge < -0.3 is 4.74 Å². The van der Waals surface area contributed by atoms with Crippen LogP contribution < -0.4 is 0 Å². The monoisotopic (exact) mass is 207 g/mol. The summed E-state index contributed by atoms with van der Waals surface area (Å²) in [6, 6.07) is 0. The Morgan fingerprint density at radius 3 is 2.93 bits per heavy atom. The average molecular weight is 207 g/mol. The summed E-state index contributed by atoms with van der Waals surface area (Å²) in [5.41, 5.74) is 1.74. The second-order valence-corrected chi connectivity index (χ2v) is 3.44. The van der Waals surface area contributed by atoms with Crippen LogP contribution in [0.15, 0.2) is 28.9 Å². The Morgan fingerprint density at radius 1 is 1.53 bits per heavy atom. The Balaban J connectivity index is 2.48. The van der Waals surface area contributed by atoms with Gasteiger partial charge in [0.2, 0.25) is 0 Å². The highest BCUT2D eigenvalue weighted by atomic mass is 16.5. The number of hydrogen-bond donors (Lipinski definition) is 0. The maximum absolute atomic E-state index is 11.2. The van der Waals surface area contributed by atoms with Crippen molar-refractivity contribution in [3.8, 4) is 0 Å². The number of rotatable bonds is 4. The van der Waals surface area contributed by atoms with Crippen LogP contribution in [-0.2, 0) is 9.53 Å². The molecule has 0 amide bonds. The molecule has 1 rings (SSSR count). The Bertz CT molecular complexity index is 314. The predicted molar refractivity (Wildman–Crippen MR) is 60.8 cm³/mol. The van der Waals surface area contributed by atoms with Crippen molar-refractivity contribution in [1.29, 1.82) is 0 Å². The van der Waals surface area contributed by atoms with E-state index in [1.807, 2.05) is 13.0 Å². The van der Waals surface area contributed by atoms with Gasteiger partial charge in [-0.3, -0.25) is 9.79 Å². The Morgan fingerprint density at radius 2 is 2.33 bits per heavy atom. The molecule has 0 N–H and O–H groups in total. The van der Waals surface area contributed by atoms with Crippen LogP contribution in [0.2, 0.25) is 0 Å². The van der Waals surface area contributed by atoms with E-state index in [4.69, 9.17) is 4.74 Å². The fourth-order valence-corrected chi connectivity index (χ4v) is 1.36. The van der Waals surface area contributed by atoms with Crippen LogP contribution >= 0.6 is 0 Å². The molecule has 0 aromatic carbocycles. The number of esters is 1. The molecule has 0 aromatic rings. The maximum atomic E-state index is 11.2. The number of carbonyl (C=O) groups is 1. The summed E-state index contributed by atoms with van der Waals surface area (Å²) in [5.74, 6) is -0.209. The first-order valence-corrected chi connectivity index (χ1v) is 5.29. The third-order valence-corrected chi connectivity index (χ3v) is 2.00. The molecule has 0 bridgehead atoms. The van der Waals surface area contributed by atoms with E-state index >= 15 is 0 Å². The van der Waals surface area contributed by atoms with Crippen LogP contribution in [-0.4, -0.2) is 18.3 Å². The fraction of sp³-hybridized carbons (Fsp3) is 0.500. The Hall–Kier alpha value is -1.38. The van der Waals surface area contributed by atoms with E-state index in [2.05, 4.69) is 17.1 Å². The van der Waals surface area contributed by atoms with E-state index < -0.39 is 0 Å². The lowest BCUT2D eigenvalue weighted by Gasteiger charge is -2.04. The van der Waals surface area contributed by atoms with Gasteiger partial charge in [-0.1, -0.05) is 12.2 Å². The van der Waals surface area contributed by atoms with Gasteiger partial charge in [0.15, 0.2) is 0 Å². The molecule has 0 radical (unpaired) electrons. The van der Waals surface area contributed by atoms with Crippen molar-refractivity contribution in [2.45, 2.75) is 33.1 Å². The smallest absolute Gasteiger partial charge is 0.311 e. The summed E-state index contributed by atoms with van der Waals surface area (Å²) in [4.78, 5) is 15.5. The number of aliphatic imine (C=N–C) groups is 1. The molecule has 0 fully saturated rings. The number of hydrogen-bond acceptors (Lipinski definition) is 3. The van der Waals surface area contributed by atoms with Crippen molar-refractivity contribution in [2.24, 2.45) is 4.99 Å². The van der Waals surface area contributed by atoms with E-state index in [-0.39, 0.29) is 12.4 Å². The summed E-state index contributed by atoms with van der Waals surface area (Å²) >= 11 is 0. The molecule has 0 saturated carbocycles. The van der Waals surface area contributed by atoms with Crippen molar-refractivity contribution in [3.05, 3.63) is 23.9 Å². The molecular weight excluding hydrogens is 190 g/mol. The molecule has 3 heteroatoms. The first-order valence-electron chi connectivity index (χ1n) is 5.29. The molecule has 0 unspecified atom stereocenters. The number of allylic oxidation sites excluding steroid dienone is 3. The van der Waals surface area contributed by atoms with Crippen molar-refractivity contribution >= 4 is 11.7 Å². The van der Waals surface area contributed by atoms with Crippen molar-refractivity contribution < 1.29 is 9.53 Å². The highest BCUT2D eigenvalue weighted by Crippen LogP contribution is 2.11. The molecule has 0 atom stereocenters. The van der Waals surface area contributed by atoms with Crippen LogP contribution in [0.4, 0.5) is 0 Å². The number of carbonyl (C=O) groups excluding carboxylic acids is 1. The highest BCUT2D eigenvalue weighted by Gasteiger charge is 2.04. The number of ether oxygens (including phenoxy) is 1. The third-order valence-electron chi connectivity index (χ3n) is 2.00. The predicted octanol–water partition coefficient (Wildman–Crippen LogP) is 2.63. The zero-order valence-corrected chi connectivity index (χ0v) is 9.32. The third kappa shape index (κ3) is 4.58. The zero-order valence-electron chi connectivity index (χ0n) is 9.32. The first kappa shape index (κ1) is 11.7. The molecule has 82 valence electrons. The lowest BCUT2D eigenvalue weighted by atomic mass is 10.1. The molecule has 0 aliphatic heterocycles. The van der Waals surface area contributed by atoms with E-state index in [1.54, 1.807) is 6.92 Å². The largest absolute Gasteiger partial charge is 0.466 e. The van der Waals surface area contributed by atoms with Gasteiger partial charge in [0.25, 0.3) is 0 Å². The SMILES string of the molecule is CCOC(=O)CC(C)=NC1=CCCC=C1. The quantitative estimate of drug-likeness (QED) is 0.525. The van der Waals surface area contributed by atoms with E-state index in [9.17, 15) is 4.79 Å². The van der Waals surface area contributed by atoms with Gasteiger partial charge in [-0.05, 0) is 32.8 Å². The van der Waals surface area contributed by atoms with Crippen LogP contribution in [0, 0.1) is 0 Å². The average Bonchev–Trinajstić information content (AvgIpc) is 2.19. The topological polar surface area (TPSA) is 38.7 Å². The summed E-state index contributed by atoms with van der Waals surface area (Å²) in [5, 5.41) is 0. The first-order chi connectivity index (χ1) is 7.22. The van der Waals surface area contributed by atoms with Crippen molar-refractivity contribution in [3.63, 3.8) is 0 Å². The van der Waals surface area contributed by atoms with Gasteiger partial charge in [0.05, 0.1) is 18.7 Å². The second kappa shape index (κ2) is 6.17. The van der Waals surface area contributed by atoms with Gasteiger partial charge in [-0.2, -0.15) is 0 Å². The van der Waals surface area contributed by atoms with Crippen molar-refractivity contribution in [2.75, 3.05) is 6.61 Å². The molecular formula is C12H17NO2. The molecule has 1 aliphatic carbocycles. The standard InChI is InChI=1S/C12H17NO2/c1-3-15-12(14)9-10(2)13-11-7-5-4-6-8-11/h5,7-8H,3-4,6,9H2,1-2H3. The number of nitrogens with zero attached hydrogens (tertiary/aromatic N) is 1. The van der Waals surface area contributed by atoms with Gasteiger partial charge in [0.1, 0.15) is 0 Å². The van der Waals surface area contributed by atoms with E-state index in [0.717, 1.165) is 24.3 Å². The molecule has 0 aromatic heterocycles. The minimum Gasteiger partial charge on any atom is -0.466 e. The molecule has 3 nitrogen and oxygen atoms in total. The molecule has 0 spiro atoms. The molecule has 1 aliphatic rings. The van der Waals surface area contributed by atoms with Gasteiger partial charge in [-0.15, -0.1) is 0 Å². The minimum absolute atomic E-state index is 0.209. The Kier molecular flexibility index (Phi) is 4.81. The normalized spacial score (nSPS) is 16.1. The van der Waals surface area contributed by atoms with Gasteiger partial charge >= 0.3 is 5.97 Å². The summed E-state index contributed by atoms with van der Waals surface area (Å²) in [6.07, 6.45) is 8.54. The van der Waals surface area contributed by atoms with Gasteiger partial charge in [-0.25, -0.2) is 0 Å². The lowest BCUT2D eigenvalue weighted by Crippen LogP contribution is -2.08.